The summed E-state index contributed by atoms with van der Waals surface area (Å²) in [6.07, 6.45) is 0. The number of carbonyl (C=O) groups excluding carboxylic acids is 2. The Kier molecular flexibility index (Phi) is 5.40. The van der Waals surface area contributed by atoms with Crippen molar-refractivity contribution in [2.45, 2.75) is 4.90 Å². The average Bonchev–Trinajstić information content (AvgIpc) is 2.59. The van der Waals surface area contributed by atoms with Crippen molar-refractivity contribution in [3.05, 3.63) is 53.6 Å². The van der Waals surface area contributed by atoms with Crippen molar-refractivity contribution in [3.8, 4) is 5.75 Å². The molecule has 0 aromatic heterocycles. The predicted octanol–water partition coefficient (Wildman–Crippen LogP) is 1.38. The Labute approximate surface area is 144 Å². The zero-order valence-corrected chi connectivity index (χ0v) is 14.3. The molecule has 8 nitrogen and oxygen atoms in total. The van der Waals surface area contributed by atoms with Gasteiger partial charge in [-0.25, -0.2) is 18.4 Å². The molecule has 25 heavy (non-hydrogen) atoms. The Morgan fingerprint density at radius 1 is 1.08 bits per heavy atom. The first-order valence-corrected chi connectivity index (χ1v) is 8.51. The topological polar surface area (TPSA) is 125 Å². The monoisotopic (exact) mass is 364 g/mol. The van der Waals surface area contributed by atoms with Gasteiger partial charge >= 0.3 is 5.97 Å². The molecule has 0 radical (unpaired) electrons. The molecule has 0 aliphatic heterocycles. The van der Waals surface area contributed by atoms with Gasteiger partial charge in [0.2, 0.25) is 10.0 Å². The fourth-order valence-corrected chi connectivity index (χ4v) is 2.62. The standard InChI is InChI=1S/C16H16N2O6S/c1-23-14-7-6-12(25(17,21)22)9-13(14)15(19)18-11-5-3-4-10(8-11)16(20)24-2/h3-9H,1-2H3,(H,18,19)(H2,17,21,22). The maximum atomic E-state index is 12.5. The molecule has 0 aliphatic rings. The first kappa shape index (κ1) is 18.4. The van der Waals surface area contributed by atoms with E-state index in [1.165, 1.54) is 38.5 Å². The van der Waals surface area contributed by atoms with E-state index >= 15 is 0 Å². The van der Waals surface area contributed by atoms with Crippen LogP contribution in [0.4, 0.5) is 5.69 Å². The van der Waals surface area contributed by atoms with Crippen molar-refractivity contribution in [2.24, 2.45) is 5.14 Å². The highest BCUT2D eigenvalue weighted by atomic mass is 32.2. The molecule has 2 aromatic carbocycles. The molecule has 0 spiro atoms. The molecule has 0 unspecified atom stereocenters. The summed E-state index contributed by atoms with van der Waals surface area (Å²) in [5, 5.41) is 7.66. The van der Waals surface area contributed by atoms with Crippen LogP contribution < -0.4 is 15.2 Å². The molecule has 0 saturated heterocycles. The van der Waals surface area contributed by atoms with Gasteiger partial charge in [-0.05, 0) is 36.4 Å². The van der Waals surface area contributed by atoms with E-state index < -0.39 is 21.9 Å². The van der Waals surface area contributed by atoms with Crippen LogP contribution in [-0.4, -0.2) is 34.5 Å². The second-order valence-corrected chi connectivity index (χ2v) is 6.50. The van der Waals surface area contributed by atoms with Crippen LogP contribution in [0.1, 0.15) is 20.7 Å². The maximum absolute atomic E-state index is 12.5. The SMILES string of the molecule is COC(=O)c1cccc(NC(=O)c2cc(S(N)(=O)=O)ccc2OC)c1. The zero-order chi connectivity index (χ0) is 18.6. The number of hydrogen-bond acceptors (Lipinski definition) is 6. The molecule has 0 bridgehead atoms. The van der Waals surface area contributed by atoms with Crippen molar-refractivity contribution in [1.82, 2.24) is 0 Å². The molecule has 2 rings (SSSR count). The second kappa shape index (κ2) is 7.32. The van der Waals surface area contributed by atoms with E-state index in [4.69, 9.17) is 9.88 Å². The van der Waals surface area contributed by atoms with E-state index in [1.807, 2.05) is 0 Å². The molecule has 0 atom stereocenters. The summed E-state index contributed by atoms with van der Waals surface area (Å²) in [5.74, 6) is -0.997. The van der Waals surface area contributed by atoms with E-state index in [1.54, 1.807) is 12.1 Å². The van der Waals surface area contributed by atoms with Crippen LogP contribution >= 0.6 is 0 Å². The number of amides is 1. The number of nitrogens with one attached hydrogen (secondary N) is 1. The van der Waals surface area contributed by atoms with Gasteiger partial charge in [0, 0.05) is 5.69 Å². The fraction of sp³-hybridized carbons (Fsp3) is 0.125. The van der Waals surface area contributed by atoms with E-state index in [-0.39, 0.29) is 21.8 Å². The fourth-order valence-electron chi connectivity index (χ4n) is 2.08. The largest absolute Gasteiger partial charge is 0.496 e. The van der Waals surface area contributed by atoms with Crippen LogP contribution in [0, 0.1) is 0 Å². The van der Waals surface area contributed by atoms with E-state index in [0.29, 0.717) is 5.69 Å². The Morgan fingerprint density at radius 2 is 1.80 bits per heavy atom. The van der Waals surface area contributed by atoms with Crippen LogP contribution in [0.15, 0.2) is 47.4 Å². The van der Waals surface area contributed by atoms with Crippen molar-refractivity contribution in [2.75, 3.05) is 19.5 Å². The number of esters is 1. The average molecular weight is 364 g/mol. The first-order valence-electron chi connectivity index (χ1n) is 6.97. The highest BCUT2D eigenvalue weighted by Crippen LogP contribution is 2.23. The number of hydrogen-bond donors (Lipinski definition) is 2. The van der Waals surface area contributed by atoms with Crippen LogP contribution in [0.25, 0.3) is 0 Å². The lowest BCUT2D eigenvalue weighted by atomic mass is 10.1. The second-order valence-electron chi connectivity index (χ2n) is 4.93. The molecular weight excluding hydrogens is 348 g/mol. The van der Waals surface area contributed by atoms with E-state index in [2.05, 4.69) is 10.1 Å². The Hall–Kier alpha value is -2.91. The molecule has 132 valence electrons. The molecule has 0 saturated carbocycles. The Balaban J connectivity index is 2.36. The zero-order valence-electron chi connectivity index (χ0n) is 13.5. The molecule has 2 aromatic rings. The van der Waals surface area contributed by atoms with Gasteiger partial charge in [-0.3, -0.25) is 4.79 Å². The normalized spacial score (nSPS) is 10.8. The van der Waals surface area contributed by atoms with Gasteiger partial charge in [0.15, 0.2) is 0 Å². The summed E-state index contributed by atoms with van der Waals surface area (Å²) in [6, 6.07) is 9.79. The lowest BCUT2D eigenvalue weighted by molar-refractivity contribution is 0.0600. The van der Waals surface area contributed by atoms with Gasteiger partial charge in [0.1, 0.15) is 5.75 Å². The van der Waals surface area contributed by atoms with Gasteiger partial charge in [0.25, 0.3) is 5.91 Å². The van der Waals surface area contributed by atoms with Crippen molar-refractivity contribution < 1.29 is 27.5 Å². The Bertz CT molecular complexity index is 924. The Morgan fingerprint density at radius 3 is 2.40 bits per heavy atom. The minimum absolute atomic E-state index is 0.0162. The van der Waals surface area contributed by atoms with E-state index in [9.17, 15) is 18.0 Å². The minimum atomic E-state index is -3.97. The third-order valence-corrected chi connectivity index (χ3v) is 4.20. The van der Waals surface area contributed by atoms with Crippen LogP contribution in [0.5, 0.6) is 5.75 Å². The number of carbonyl (C=O) groups is 2. The molecular formula is C16H16N2O6S. The molecule has 1 amide bonds. The van der Waals surface area contributed by atoms with Crippen LogP contribution in [-0.2, 0) is 14.8 Å². The van der Waals surface area contributed by atoms with Crippen LogP contribution in [0.3, 0.4) is 0 Å². The number of methoxy groups -OCH3 is 2. The van der Waals surface area contributed by atoms with Gasteiger partial charge in [0.05, 0.1) is 30.2 Å². The maximum Gasteiger partial charge on any atom is 0.337 e. The van der Waals surface area contributed by atoms with Gasteiger partial charge in [-0.1, -0.05) is 6.07 Å². The predicted molar refractivity (Wildman–Crippen MR) is 90.1 cm³/mol. The molecule has 0 fully saturated rings. The number of anilines is 1. The molecule has 3 N–H and O–H groups in total. The third kappa shape index (κ3) is 4.34. The number of sulfonamides is 1. The number of nitrogens with two attached hydrogens (primary N) is 1. The number of benzene rings is 2. The number of primary sulfonamides is 1. The highest BCUT2D eigenvalue weighted by Gasteiger charge is 2.18. The lowest BCUT2D eigenvalue weighted by Gasteiger charge is -2.11. The van der Waals surface area contributed by atoms with Gasteiger partial charge in [-0.15, -0.1) is 0 Å². The molecule has 9 heteroatoms. The quantitative estimate of drug-likeness (QED) is 0.772. The smallest absolute Gasteiger partial charge is 0.337 e. The summed E-state index contributed by atoms with van der Waals surface area (Å²) in [7, 11) is -1.38. The molecule has 0 heterocycles. The van der Waals surface area contributed by atoms with Gasteiger partial charge < -0.3 is 14.8 Å². The minimum Gasteiger partial charge on any atom is -0.496 e. The van der Waals surface area contributed by atoms with Crippen molar-refractivity contribution >= 4 is 27.6 Å². The summed E-state index contributed by atoms with van der Waals surface area (Å²) in [6.45, 7) is 0. The summed E-state index contributed by atoms with van der Waals surface area (Å²) in [5.41, 5.74) is 0.569. The van der Waals surface area contributed by atoms with Crippen molar-refractivity contribution in [1.29, 1.82) is 0 Å². The number of rotatable bonds is 5. The summed E-state index contributed by atoms with van der Waals surface area (Å²) < 4.78 is 32.6. The van der Waals surface area contributed by atoms with Crippen molar-refractivity contribution in [3.63, 3.8) is 0 Å². The highest BCUT2D eigenvalue weighted by molar-refractivity contribution is 7.89. The van der Waals surface area contributed by atoms with E-state index in [0.717, 1.165) is 6.07 Å². The number of ether oxygens (including phenoxy) is 2. The van der Waals surface area contributed by atoms with Crippen LogP contribution in [0.2, 0.25) is 0 Å². The van der Waals surface area contributed by atoms with Gasteiger partial charge in [-0.2, -0.15) is 0 Å². The lowest BCUT2D eigenvalue weighted by Crippen LogP contribution is -2.17. The summed E-state index contributed by atoms with van der Waals surface area (Å²) in [4.78, 5) is 23.8. The third-order valence-electron chi connectivity index (χ3n) is 3.29. The molecule has 0 aliphatic carbocycles. The first-order chi connectivity index (χ1) is 11.8. The summed E-state index contributed by atoms with van der Waals surface area (Å²) >= 11 is 0.